The molecule has 7 heteroatoms. The number of hydrogen-bond acceptors (Lipinski definition) is 4. The van der Waals surface area contributed by atoms with Crippen molar-refractivity contribution in [1.82, 2.24) is 13.9 Å². The Kier molecular flexibility index (Phi) is 6.02. The molecule has 124 valence electrons. The van der Waals surface area contributed by atoms with Crippen LogP contribution >= 0.6 is 0 Å². The number of rotatable bonds is 6. The van der Waals surface area contributed by atoms with Gasteiger partial charge in [-0.25, -0.2) is 0 Å². The Morgan fingerprint density at radius 3 is 2.52 bits per heavy atom. The van der Waals surface area contributed by atoms with Crippen LogP contribution in [0.25, 0.3) is 0 Å². The Labute approximate surface area is 129 Å². The zero-order valence-corrected chi connectivity index (χ0v) is 14.2. The molecule has 0 aliphatic carbocycles. The van der Waals surface area contributed by atoms with Gasteiger partial charge in [0.25, 0.3) is 10.2 Å². The van der Waals surface area contributed by atoms with Crippen molar-refractivity contribution < 1.29 is 13.2 Å². The maximum absolute atomic E-state index is 12.7. The lowest BCUT2D eigenvalue weighted by Gasteiger charge is -2.34. The van der Waals surface area contributed by atoms with Crippen molar-refractivity contribution >= 4 is 10.2 Å². The molecular weight excluding hydrogens is 290 g/mol. The van der Waals surface area contributed by atoms with Crippen molar-refractivity contribution in [3.63, 3.8) is 0 Å². The number of nitrogens with one attached hydrogen (secondary N) is 1. The number of piperidine rings is 1. The first kappa shape index (κ1) is 17.1. The number of hydrogen-bond donors (Lipinski definition) is 1. The molecule has 2 fully saturated rings. The summed E-state index contributed by atoms with van der Waals surface area (Å²) in [4.78, 5) is 0. The fraction of sp³-hybridized carbons (Fsp3) is 1.00. The summed E-state index contributed by atoms with van der Waals surface area (Å²) in [5.74, 6) is 0.414. The van der Waals surface area contributed by atoms with E-state index in [2.05, 4.69) is 19.2 Å². The third-order valence-electron chi connectivity index (χ3n) is 4.39. The summed E-state index contributed by atoms with van der Waals surface area (Å²) in [6.07, 6.45) is 2.89. The molecule has 2 unspecified atom stereocenters. The van der Waals surface area contributed by atoms with Gasteiger partial charge in [-0.15, -0.1) is 0 Å². The maximum atomic E-state index is 12.7. The van der Waals surface area contributed by atoms with E-state index < -0.39 is 10.2 Å². The highest BCUT2D eigenvalue weighted by molar-refractivity contribution is 7.86. The minimum atomic E-state index is -3.32. The Morgan fingerprint density at radius 2 is 1.90 bits per heavy atom. The zero-order chi connectivity index (χ0) is 15.5. The topological polar surface area (TPSA) is 61.9 Å². The van der Waals surface area contributed by atoms with Crippen LogP contribution in [0, 0.1) is 5.92 Å². The normalized spacial score (nSPS) is 29.3. The lowest BCUT2D eigenvalue weighted by atomic mass is 9.99. The van der Waals surface area contributed by atoms with Gasteiger partial charge in [-0.2, -0.15) is 17.0 Å². The molecule has 6 nitrogen and oxygen atoms in total. The highest BCUT2D eigenvalue weighted by Crippen LogP contribution is 2.24. The largest absolute Gasteiger partial charge is 0.380 e. The minimum Gasteiger partial charge on any atom is -0.380 e. The summed E-state index contributed by atoms with van der Waals surface area (Å²) in [6.45, 7) is 7.48. The Hall–Kier alpha value is -0.210. The van der Waals surface area contributed by atoms with Crippen LogP contribution in [0.5, 0.6) is 0 Å². The highest BCUT2D eigenvalue weighted by Gasteiger charge is 2.37. The second kappa shape index (κ2) is 7.37. The van der Waals surface area contributed by atoms with Gasteiger partial charge in [0.15, 0.2) is 0 Å². The summed E-state index contributed by atoms with van der Waals surface area (Å²) >= 11 is 0. The Balaban J connectivity index is 1.93. The highest BCUT2D eigenvalue weighted by atomic mass is 32.2. The third kappa shape index (κ3) is 4.39. The number of ether oxygens (including phenoxy) is 1. The average molecular weight is 319 g/mol. The van der Waals surface area contributed by atoms with Crippen LogP contribution in [0.2, 0.25) is 0 Å². The summed E-state index contributed by atoms with van der Waals surface area (Å²) in [7, 11) is -1.67. The predicted molar refractivity (Wildman–Crippen MR) is 83.3 cm³/mol. The van der Waals surface area contributed by atoms with E-state index >= 15 is 0 Å². The lowest BCUT2D eigenvalue weighted by molar-refractivity contribution is 0.114. The zero-order valence-electron chi connectivity index (χ0n) is 13.4. The van der Waals surface area contributed by atoms with Gasteiger partial charge in [0, 0.05) is 39.3 Å². The van der Waals surface area contributed by atoms with Crippen LogP contribution in [-0.2, 0) is 14.9 Å². The third-order valence-corrected chi connectivity index (χ3v) is 6.36. The number of methoxy groups -OCH3 is 1. The molecule has 0 radical (unpaired) electrons. The Bertz CT molecular complexity index is 427. The molecule has 0 aromatic heterocycles. The molecule has 0 amide bonds. The molecule has 2 aliphatic heterocycles. The monoisotopic (exact) mass is 319 g/mol. The quantitative estimate of drug-likeness (QED) is 0.781. The molecule has 21 heavy (non-hydrogen) atoms. The smallest absolute Gasteiger partial charge is 0.282 e. The molecule has 2 saturated heterocycles. The molecule has 0 saturated carbocycles. The SMILES string of the molecule is COC1CCN(S(=O)(=O)N2CCCC(CNC(C)C)C2)C1. The van der Waals surface area contributed by atoms with E-state index in [1.165, 1.54) is 0 Å². The van der Waals surface area contributed by atoms with Crippen molar-refractivity contribution in [2.75, 3.05) is 39.8 Å². The molecule has 2 rings (SSSR count). The van der Waals surface area contributed by atoms with E-state index in [4.69, 9.17) is 4.74 Å². The van der Waals surface area contributed by atoms with E-state index in [1.807, 2.05) is 0 Å². The summed E-state index contributed by atoms with van der Waals surface area (Å²) in [5, 5.41) is 3.42. The summed E-state index contributed by atoms with van der Waals surface area (Å²) < 4.78 is 33.9. The van der Waals surface area contributed by atoms with Gasteiger partial charge in [0.05, 0.1) is 6.10 Å². The van der Waals surface area contributed by atoms with E-state index in [-0.39, 0.29) is 6.10 Å². The summed E-state index contributed by atoms with van der Waals surface area (Å²) in [6, 6.07) is 0.443. The predicted octanol–water partition coefficient (Wildman–Crippen LogP) is 0.662. The molecule has 1 N–H and O–H groups in total. The lowest BCUT2D eigenvalue weighted by Crippen LogP contribution is -2.49. The second-order valence-corrected chi connectivity index (χ2v) is 8.37. The number of nitrogens with zero attached hydrogens (tertiary/aromatic N) is 2. The van der Waals surface area contributed by atoms with Gasteiger partial charge in [-0.1, -0.05) is 13.8 Å². The van der Waals surface area contributed by atoms with Crippen LogP contribution in [-0.4, -0.2) is 69.0 Å². The molecule has 0 bridgehead atoms. The van der Waals surface area contributed by atoms with Crippen LogP contribution in [0.1, 0.15) is 33.1 Å². The molecule has 0 aromatic rings. The van der Waals surface area contributed by atoms with Crippen molar-refractivity contribution in [2.45, 2.75) is 45.3 Å². The van der Waals surface area contributed by atoms with Gasteiger partial charge in [-0.3, -0.25) is 0 Å². The first-order valence-corrected chi connectivity index (χ1v) is 9.34. The van der Waals surface area contributed by atoms with E-state index in [9.17, 15) is 8.42 Å². The molecule has 0 aromatic carbocycles. The van der Waals surface area contributed by atoms with Crippen molar-refractivity contribution in [1.29, 1.82) is 0 Å². The average Bonchev–Trinajstić information content (AvgIpc) is 2.95. The molecule has 2 aliphatic rings. The maximum Gasteiger partial charge on any atom is 0.282 e. The minimum absolute atomic E-state index is 0.0444. The van der Waals surface area contributed by atoms with Crippen LogP contribution in [0.15, 0.2) is 0 Å². The van der Waals surface area contributed by atoms with E-state index in [0.29, 0.717) is 38.1 Å². The fourth-order valence-corrected chi connectivity index (χ4v) is 4.84. The second-order valence-electron chi connectivity index (χ2n) is 6.44. The van der Waals surface area contributed by atoms with Crippen molar-refractivity contribution in [2.24, 2.45) is 5.92 Å². The summed E-state index contributed by atoms with van der Waals surface area (Å²) in [5.41, 5.74) is 0. The molecule has 0 spiro atoms. The van der Waals surface area contributed by atoms with E-state index in [0.717, 1.165) is 25.8 Å². The van der Waals surface area contributed by atoms with Crippen molar-refractivity contribution in [3.05, 3.63) is 0 Å². The van der Waals surface area contributed by atoms with Gasteiger partial charge < -0.3 is 10.1 Å². The molecule has 2 atom stereocenters. The van der Waals surface area contributed by atoms with Gasteiger partial charge in [0.1, 0.15) is 0 Å². The Morgan fingerprint density at radius 1 is 1.19 bits per heavy atom. The first-order chi connectivity index (χ1) is 9.93. The van der Waals surface area contributed by atoms with Crippen LogP contribution < -0.4 is 5.32 Å². The van der Waals surface area contributed by atoms with Crippen LogP contribution in [0.4, 0.5) is 0 Å². The van der Waals surface area contributed by atoms with Gasteiger partial charge >= 0.3 is 0 Å². The van der Waals surface area contributed by atoms with E-state index in [1.54, 1.807) is 15.7 Å². The van der Waals surface area contributed by atoms with Gasteiger partial charge in [-0.05, 0) is 31.7 Å². The molecule has 2 heterocycles. The fourth-order valence-electron chi connectivity index (χ4n) is 3.07. The van der Waals surface area contributed by atoms with Crippen LogP contribution in [0.3, 0.4) is 0 Å². The molecular formula is C14H29N3O3S. The van der Waals surface area contributed by atoms with Crippen molar-refractivity contribution in [3.8, 4) is 0 Å². The standard InChI is InChI=1S/C14H29N3O3S/c1-12(2)15-9-13-5-4-7-16(10-13)21(18,19)17-8-6-14(11-17)20-3/h12-15H,4-11H2,1-3H3. The first-order valence-electron chi connectivity index (χ1n) is 7.95. The van der Waals surface area contributed by atoms with Gasteiger partial charge in [0.2, 0.25) is 0 Å².